The molecule has 0 bridgehead atoms. The van der Waals surface area contributed by atoms with Crippen LogP contribution in [0, 0.1) is 5.92 Å². The first-order valence-corrected chi connectivity index (χ1v) is 9.20. The Morgan fingerprint density at radius 3 is 2.88 bits per heavy atom. The topological polar surface area (TPSA) is 73.5 Å². The maximum absolute atomic E-state index is 12.1. The molecule has 6 nitrogen and oxygen atoms in total. The Hall–Kier alpha value is -2.08. The second-order valence-corrected chi connectivity index (χ2v) is 7.29. The summed E-state index contributed by atoms with van der Waals surface area (Å²) in [5.41, 5.74) is 2.88. The molecule has 1 unspecified atom stereocenters. The zero-order valence-corrected chi connectivity index (χ0v) is 15.1. The first-order chi connectivity index (χ1) is 12.0. The number of urea groups is 1. The van der Waals surface area contributed by atoms with Crippen molar-refractivity contribution in [2.24, 2.45) is 5.92 Å². The second-order valence-electron chi connectivity index (χ2n) is 7.29. The van der Waals surface area contributed by atoms with Crippen molar-refractivity contribution >= 4 is 17.6 Å². The number of carbonyl (C=O) groups is 2. The number of likely N-dealkylation sites (tertiary alicyclic amines) is 1. The number of anilines is 1. The van der Waals surface area contributed by atoms with Crippen molar-refractivity contribution in [3.05, 3.63) is 29.3 Å². The minimum Gasteiger partial charge on any atom is -0.337 e. The predicted octanol–water partition coefficient (Wildman–Crippen LogP) is 2.27. The van der Waals surface area contributed by atoms with Crippen LogP contribution in [0.2, 0.25) is 0 Å². The number of rotatable bonds is 5. The normalized spacial score (nSPS) is 19.2. The molecule has 2 heterocycles. The lowest BCUT2D eigenvalue weighted by molar-refractivity contribution is -0.115. The summed E-state index contributed by atoms with van der Waals surface area (Å²) >= 11 is 0. The monoisotopic (exact) mass is 344 g/mol. The van der Waals surface area contributed by atoms with Gasteiger partial charge in [0.25, 0.3) is 0 Å². The van der Waals surface area contributed by atoms with Gasteiger partial charge >= 0.3 is 6.03 Å². The summed E-state index contributed by atoms with van der Waals surface area (Å²) in [7, 11) is 0. The molecule has 136 valence electrons. The zero-order valence-electron chi connectivity index (χ0n) is 15.1. The van der Waals surface area contributed by atoms with Crippen LogP contribution in [0.15, 0.2) is 18.2 Å². The fraction of sp³-hybridized carbons (Fsp3) is 0.579. The smallest absolute Gasteiger partial charge is 0.315 e. The number of carbonyl (C=O) groups excluding carboxylic acids is 2. The van der Waals surface area contributed by atoms with Gasteiger partial charge in [0, 0.05) is 18.8 Å². The molecule has 3 N–H and O–H groups in total. The van der Waals surface area contributed by atoms with E-state index in [2.05, 4.69) is 27.8 Å². The summed E-state index contributed by atoms with van der Waals surface area (Å²) in [6.45, 7) is 8.08. The van der Waals surface area contributed by atoms with E-state index in [1.807, 2.05) is 25.1 Å². The van der Waals surface area contributed by atoms with Gasteiger partial charge in [-0.25, -0.2) is 4.79 Å². The Bertz CT molecular complexity index is 638. The van der Waals surface area contributed by atoms with Crippen molar-refractivity contribution < 1.29 is 9.59 Å². The van der Waals surface area contributed by atoms with Crippen molar-refractivity contribution in [3.63, 3.8) is 0 Å². The third-order valence-corrected chi connectivity index (χ3v) is 5.19. The van der Waals surface area contributed by atoms with Gasteiger partial charge in [-0.05, 0) is 56.0 Å². The van der Waals surface area contributed by atoms with Crippen molar-refractivity contribution in [3.8, 4) is 0 Å². The second kappa shape index (κ2) is 7.87. The molecular weight excluding hydrogens is 316 g/mol. The molecule has 0 aliphatic carbocycles. The number of nitrogens with one attached hydrogen (secondary N) is 3. The van der Waals surface area contributed by atoms with Crippen LogP contribution >= 0.6 is 0 Å². The maximum Gasteiger partial charge on any atom is 0.315 e. The van der Waals surface area contributed by atoms with Crippen LogP contribution in [-0.2, 0) is 11.2 Å². The lowest BCUT2D eigenvalue weighted by atomic mass is 9.99. The molecule has 0 radical (unpaired) electrons. The van der Waals surface area contributed by atoms with E-state index < -0.39 is 0 Å². The SMILES string of the molecule is CC1CCN(CCNC(=O)NC(C)c2ccc3c(c2)CC(=O)N3)CC1. The summed E-state index contributed by atoms with van der Waals surface area (Å²) in [6.07, 6.45) is 2.91. The first-order valence-electron chi connectivity index (χ1n) is 9.20. The molecule has 0 spiro atoms. The lowest BCUT2D eigenvalue weighted by Gasteiger charge is -2.30. The van der Waals surface area contributed by atoms with Crippen LogP contribution in [-0.4, -0.2) is 43.0 Å². The lowest BCUT2D eigenvalue weighted by Crippen LogP contribution is -2.43. The molecule has 25 heavy (non-hydrogen) atoms. The molecule has 0 saturated carbocycles. The fourth-order valence-electron chi connectivity index (χ4n) is 3.46. The third kappa shape index (κ3) is 4.72. The van der Waals surface area contributed by atoms with E-state index in [1.165, 1.54) is 12.8 Å². The number of hydrogen-bond donors (Lipinski definition) is 3. The minimum absolute atomic E-state index is 0.0256. The van der Waals surface area contributed by atoms with Gasteiger partial charge in [-0.1, -0.05) is 19.1 Å². The van der Waals surface area contributed by atoms with Crippen molar-refractivity contribution in [2.75, 3.05) is 31.5 Å². The van der Waals surface area contributed by atoms with Gasteiger partial charge in [0.2, 0.25) is 5.91 Å². The number of benzene rings is 1. The van der Waals surface area contributed by atoms with E-state index in [4.69, 9.17) is 0 Å². The maximum atomic E-state index is 12.1. The van der Waals surface area contributed by atoms with Crippen LogP contribution in [0.1, 0.15) is 43.9 Å². The zero-order chi connectivity index (χ0) is 17.8. The van der Waals surface area contributed by atoms with E-state index in [0.29, 0.717) is 13.0 Å². The van der Waals surface area contributed by atoms with E-state index in [-0.39, 0.29) is 18.0 Å². The summed E-state index contributed by atoms with van der Waals surface area (Å²) in [6, 6.07) is 5.60. The van der Waals surface area contributed by atoms with Gasteiger partial charge in [0.15, 0.2) is 0 Å². The van der Waals surface area contributed by atoms with Gasteiger partial charge < -0.3 is 20.9 Å². The summed E-state index contributed by atoms with van der Waals surface area (Å²) in [4.78, 5) is 25.9. The van der Waals surface area contributed by atoms with Gasteiger partial charge in [-0.2, -0.15) is 0 Å². The van der Waals surface area contributed by atoms with Gasteiger partial charge in [0.05, 0.1) is 12.5 Å². The predicted molar refractivity (Wildman–Crippen MR) is 98.6 cm³/mol. The third-order valence-electron chi connectivity index (χ3n) is 5.19. The summed E-state index contributed by atoms with van der Waals surface area (Å²) in [5.74, 6) is 0.851. The standard InChI is InChI=1S/C19H28N4O2/c1-13-5-8-23(9-6-13)10-7-20-19(25)21-14(2)15-3-4-17-16(11-15)12-18(24)22-17/h3-4,11,13-14H,5-10,12H2,1-2H3,(H,22,24)(H2,20,21,25). The van der Waals surface area contributed by atoms with Crippen LogP contribution in [0.3, 0.4) is 0 Å². The molecule has 2 aliphatic rings. The molecule has 3 amide bonds. The fourth-order valence-corrected chi connectivity index (χ4v) is 3.46. The van der Waals surface area contributed by atoms with Crippen molar-refractivity contribution in [1.29, 1.82) is 0 Å². The summed E-state index contributed by atoms with van der Waals surface area (Å²) in [5, 5.41) is 8.74. The Kier molecular flexibility index (Phi) is 5.58. The van der Waals surface area contributed by atoms with Crippen LogP contribution in [0.25, 0.3) is 0 Å². The highest BCUT2D eigenvalue weighted by molar-refractivity contribution is 5.99. The Balaban J connectivity index is 1.42. The molecule has 1 aromatic rings. The molecule has 6 heteroatoms. The highest BCUT2D eigenvalue weighted by Crippen LogP contribution is 2.26. The number of fused-ring (bicyclic) bond motifs is 1. The average Bonchev–Trinajstić information content (AvgIpc) is 2.95. The molecule has 3 rings (SSSR count). The quantitative estimate of drug-likeness (QED) is 0.767. The molecule has 1 atom stereocenters. The number of amides is 3. The molecular formula is C19H28N4O2. The van der Waals surface area contributed by atoms with E-state index >= 15 is 0 Å². The number of hydrogen-bond acceptors (Lipinski definition) is 3. The Labute approximate surface area is 149 Å². The number of piperidine rings is 1. The van der Waals surface area contributed by atoms with Crippen LogP contribution in [0.4, 0.5) is 10.5 Å². The average molecular weight is 344 g/mol. The van der Waals surface area contributed by atoms with Crippen LogP contribution < -0.4 is 16.0 Å². The highest BCUT2D eigenvalue weighted by Gasteiger charge is 2.19. The Morgan fingerprint density at radius 1 is 1.36 bits per heavy atom. The molecule has 0 aromatic heterocycles. The van der Waals surface area contributed by atoms with E-state index in [1.54, 1.807) is 0 Å². The summed E-state index contributed by atoms with van der Waals surface area (Å²) < 4.78 is 0. The van der Waals surface area contributed by atoms with Gasteiger partial charge in [0.1, 0.15) is 0 Å². The molecule has 1 saturated heterocycles. The van der Waals surface area contributed by atoms with Crippen molar-refractivity contribution in [1.82, 2.24) is 15.5 Å². The molecule has 1 fully saturated rings. The van der Waals surface area contributed by atoms with Gasteiger partial charge in [-0.15, -0.1) is 0 Å². The highest BCUT2D eigenvalue weighted by atomic mass is 16.2. The molecule has 1 aromatic carbocycles. The Morgan fingerprint density at radius 2 is 2.12 bits per heavy atom. The van der Waals surface area contributed by atoms with Gasteiger partial charge in [-0.3, -0.25) is 4.79 Å². The largest absolute Gasteiger partial charge is 0.337 e. The minimum atomic E-state index is -0.146. The number of nitrogens with zero attached hydrogens (tertiary/aromatic N) is 1. The van der Waals surface area contributed by atoms with Crippen molar-refractivity contribution in [2.45, 2.75) is 39.2 Å². The molecule has 2 aliphatic heterocycles. The van der Waals surface area contributed by atoms with E-state index in [0.717, 1.165) is 42.4 Å². The van der Waals surface area contributed by atoms with E-state index in [9.17, 15) is 9.59 Å². The first kappa shape index (κ1) is 17.7. The van der Waals surface area contributed by atoms with Crippen LogP contribution in [0.5, 0.6) is 0 Å².